The van der Waals surface area contributed by atoms with Crippen molar-refractivity contribution in [2.24, 2.45) is 0 Å². The zero-order valence-corrected chi connectivity index (χ0v) is 16.1. The van der Waals surface area contributed by atoms with Crippen molar-refractivity contribution < 1.29 is 9.47 Å². The summed E-state index contributed by atoms with van der Waals surface area (Å²) in [6.07, 6.45) is 0. The molecule has 26 heavy (non-hydrogen) atoms. The van der Waals surface area contributed by atoms with Crippen molar-refractivity contribution in [1.82, 2.24) is 10.2 Å². The first-order valence-corrected chi connectivity index (χ1v) is 8.98. The molecule has 2 aromatic carbocycles. The van der Waals surface area contributed by atoms with Gasteiger partial charge in [-0.1, -0.05) is 23.9 Å². The molecule has 0 unspecified atom stereocenters. The maximum atomic E-state index is 5.28. The summed E-state index contributed by atoms with van der Waals surface area (Å²) in [7, 11) is 3.25. The second kappa shape index (κ2) is 8.10. The van der Waals surface area contributed by atoms with Crippen molar-refractivity contribution in [1.29, 1.82) is 0 Å². The highest BCUT2D eigenvalue weighted by Crippen LogP contribution is 2.31. The van der Waals surface area contributed by atoms with Crippen LogP contribution in [0.15, 0.2) is 58.5 Å². The van der Waals surface area contributed by atoms with Gasteiger partial charge in [0.15, 0.2) is 5.82 Å². The molecule has 6 heteroatoms. The molecule has 0 aliphatic carbocycles. The Bertz CT molecular complexity index is 876. The van der Waals surface area contributed by atoms with Crippen LogP contribution in [-0.4, -0.2) is 24.4 Å². The Hall–Kier alpha value is -2.73. The van der Waals surface area contributed by atoms with Crippen molar-refractivity contribution >= 4 is 23.3 Å². The van der Waals surface area contributed by atoms with Crippen LogP contribution in [0.5, 0.6) is 11.5 Å². The van der Waals surface area contributed by atoms with E-state index in [1.54, 1.807) is 26.0 Å². The lowest BCUT2D eigenvalue weighted by Gasteiger charge is -2.10. The summed E-state index contributed by atoms with van der Waals surface area (Å²) in [6, 6.07) is 15.8. The van der Waals surface area contributed by atoms with Gasteiger partial charge in [-0.15, -0.1) is 10.2 Å². The Labute approximate surface area is 157 Å². The number of anilines is 2. The number of nitrogens with zero attached hydrogens (tertiary/aromatic N) is 2. The molecule has 1 aromatic heterocycles. The molecule has 134 valence electrons. The van der Waals surface area contributed by atoms with E-state index in [1.165, 1.54) is 16.0 Å². The first kappa shape index (κ1) is 18.1. The average Bonchev–Trinajstić information content (AvgIpc) is 2.66. The second-order valence-corrected chi connectivity index (χ2v) is 6.92. The smallest absolute Gasteiger partial charge is 0.153 e. The topological polar surface area (TPSA) is 56.3 Å². The molecule has 3 aromatic rings. The van der Waals surface area contributed by atoms with Crippen LogP contribution in [0.25, 0.3) is 0 Å². The third-order valence-electron chi connectivity index (χ3n) is 3.82. The van der Waals surface area contributed by atoms with Crippen LogP contribution in [-0.2, 0) is 0 Å². The lowest BCUT2D eigenvalue weighted by atomic mass is 10.2. The Morgan fingerprint density at radius 2 is 1.58 bits per heavy atom. The van der Waals surface area contributed by atoms with Gasteiger partial charge in [0, 0.05) is 28.8 Å². The van der Waals surface area contributed by atoms with Gasteiger partial charge >= 0.3 is 0 Å². The molecule has 0 atom stereocenters. The van der Waals surface area contributed by atoms with Gasteiger partial charge in [-0.25, -0.2) is 0 Å². The minimum Gasteiger partial charge on any atom is -0.497 e. The first-order valence-electron chi connectivity index (χ1n) is 8.16. The fraction of sp³-hybridized carbons (Fsp3) is 0.200. The van der Waals surface area contributed by atoms with E-state index in [2.05, 4.69) is 47.6 Å². The zero-order valence-electron chi connectivity index (χ0n) is 15.2. The largest absolute Gasteiger partial charge is 0.497 e. The number of aryl methyl sites for hydroxylation is 2. The Morgan fingerprint density at radius 1 is 0.846 bits per heavy atom. The summed E-state index contributed by atoms with van der Waals surface area (Å²) in [4.78, 5) is 1.19. The molecule has 0 bridgehead atoms. The van der Waals surface area contributed by atoms with E-state index < -0.39 is 0 Å². The van der Waals surface area contributed by atoms with E-state index >= 15 is 0 Å². The van der Waals surface area contributed by atoms with E-state index in [4.69, 9.17) is 9.47 Å². The van der Waals surface area contributed by atoms with Crippen LogP contribution < -0.4 is 14.8 Å². The highest BCUT2D eigenvalue weighted by Gasteiger charge is 2.06. The number of nitrogens with one attached hydrogen (secondary N) is 1. The van der Waals surface area contributed by atoms with Crippen molar-refractivity contribution in [3.63, 3.8) is 0 Å². The molecular formula is C20H21N3O2S. The molecule has 1 N–H and O–H groups in total. The molecule has 0 aliphatic rings. The lowest BCUT2D eigenvalue weighted by molar-refractivity contribution is 0.395. The highest BCUT2D eigenvalue weighted by molar-refractivity contribution is 7.99. The van der Waals surface area contributed by atoms with Crippen molar-refractivity contribution in [2.45, 2.75) is 23.8 Å². The Balaban J connectivity index is 1.75. The van der Waals surface area contributed by atoms with E-state index in [9.17, 15) is 0 Å². The van der Waals surface area contributed by atoms with E-state index in [0.29, 0.717) is 17.3 Å². The summed E-state index contributed by atoms with van der Waals surface area (Å²) in [5, 5.41) is 12.7. The van der Waals surface area contributed by atoms with Gasteiger partial charge in [-0.2, -0.15) is 0 Å². The molecule has 0 amide bonds. The van der Waals surface area contributed by atoms with Crippen molar-refractivity contribution in [3.05, 3.63) is 59.7 Å². The van der Waals surface area contributed by atoms with Gasteiger partial charge in [-0.05, 0) is 43.2 Å². The molecule has 0 saturated carbocycles. The van der Waals surface area contributed by atoms with Gasteiger partial charge in [0.1, 0.15) is 16.5 Å². The molecule has 0 aliphatic heterocycles. The van der Waals surface area contributed by atoms with Gasteiger partial charge in [0.25, 0.3) is 0 Å². The predicted molar refractivity (Wildman–Crippen MR) is 105 cm³/mol. The van der Waals surface area contributed by atoms with E-state index in [-0.39, 0.29) is 0 Å². The summed E-state index contributed by atoms with van der Waals surface area (Å²) >= 11 is 1.61. The molecule has 0 saturated heterocycles. The quantitative estimate of drug-likeness (QED) is 0.661. The normalized spacial score (nSPS) is 10.5. The summed E-state index contributed by atoms with van der Waals surface area (Å²) in [5.41, 5.74) is 3.29. The molecule has 3 rings (SSSR count). The fourth-order valence-corrected chi connectivity index (χ4v) is 3.32. The monoisotopic (exact) mass is 367 g/mol. The van der Waals surface area contributed by atoms with Crippen LogP contribution in [0.3, 0.4) is 0 Å². The molecule has 0 fully saturated rings. The molecule has 1 heterocycles. The van der Waals surface area contributed by atoms with Gasteiger partial charge in [0.2, 0.25) is 0 Å². The van der Waals surface area contributed by atoms with Crippen LogP contribution in [0.4, 0.5) is 11.5 Å². The maximum absolute atomic E-state index is 5.28. The predicted octanol–water partition coefficient (Wildman–Crippen LogP) is 5.01. The van der Waals surface area contributed by atoms with Crippen LogP contribution >= 0.6 is 11.8 Å². The number of hydrogen-bond acceptors (Lipinski definition) is 6. The standard InChI is InChI=1S/C20H21N3O2S/c1-13-5-6-14(2)18(9-13)26-20-8-7-19(22-23-20)21-15-10-16(24-3)12-17(11-15)25-4/h5-12H,1-4H3,(H,21,22). The lowest BCUT2D eigenvalue weighted by Crippen LogP contribution is -1.97. The molecule has 5 nitrogen and oxygen atoms in total. The SMILES string of the molecule is COc1cc(Nc2ccc(Sc3cc(C)ccc3C)nn2)cc(OC)c1. The number of benzene rings is 2. The minimum atomic E-state index is 0.658. The Morgan fingerprint density at radius 3 is 2.19 bits per heavy atom. The third-order valence-corrected chi connectivity index (χ3v) is 4.91. The summed E-state index contributed by atoms with van der Waals surface area (Å²) < 4.78 is 10.6. The van der Waals surface area contributed by atoms with Gasteiger partial charge < -0.3 is 14.8 Å². The van der Waals surface area contributed by atoms with Gasteiger partial charge in [-0.3, -0.25) is 0 Å². The zero-order chi connectivity index (χ0) is 18.5. The van der Waals surface area contributed by atoms with E-state index in [0.717, 1.165) is 10.7 Å². The number of methoxy groups -OCH3 is 2. The van der Waals surface area contributed by atoms with Crippen molar-refractivity contribution in [3.8, 4) is 11.5 Å². The number of hydrogen-bond donors (Lipinski definition) is 1. The maximum Gasteiger partial charge on any atom is 0.153 e. The third kappa shape index (κ3) is 4.46. The average molecular weight is 367 g/mol. The van der Waals surface area contributed by atoms with Gasteiger partial charge in [0.05, 0.1) is 14.2 Å². The molecule has 0 radical (unpaired) electrons. The molecular weight excluding hydrogens is 346 g/mol. The molecule has 0 spiro atoms. The number of aromatic nitrogens is 2. The van der Waals surface area contributed by atoms with E-state index in [1.807, 2.05) is 30.3 Å². The van der Waals surface area contributed by atoms with Crippen LogP contribution in [0.2, 0.25) is 0 Å². The Kier molecular flexibility index (Phi) is 5.63. The van der Waals surface area contributed by atoms with Crippen molar-refractivity contribution in [2.75, 3.05) is 19.5 Å². The first-order chi connectivity index (χ1) is 12.6. The number of rotatable bonds is 6. The summed E-state index contributed by atoms with van der Waals surface area (Å²) in [5.74, 6) is 2.08. The number of ether oxygens (including phenoxy) is 2. The fourth-order valence-electron chi connectivity index (χ4n) is 2.40. The van der Waals surface area contributed by atoms with Crippen LogP contribution in [0.1, 0.15) is 11.1 Å². The second-order valence-electron chi connectivity index (χ2n) is 5.85. The summed E-state index contributed by atoms with van der Waals surface area (Å²) in [6.45, 7) is 4.19. The highest BCUT2D eigenvalue weighted by atomic mass is 32.2. The van der Waals surface area contributed by atoms with Crippen LogP contribution in [0, 0.1) is 13.8 Å². The minimum absolute atomic E-state index is 0.658.